The summed E-state index contributed by atoms with van der Waals surface area (Å²) < 4.78 is 5.46. The highest BCUT2D eigenvalue weighted by molar-refractivity contribution is 5.94. The van der Waals surface area contributed by atoms with Gasteiger partial charge in [-0.2, -0.15) is 0 Å². The zero-order valence-electron chi connectivity index (χ0n) is 21.8. The van der Waals surface area contributed by atoms with Gasteiger partial charge in [0.15, 0.2) is 0 Å². The molecule has 3 N–H and O–H groups in total. The number of carboxylic acids is 1. The van der Waals surface area contributed by atoms with Gasteiger partial charge in [-0.15, -0.1) is 0 Å². The summed E-state index contributed by atoms with van der Waals surface area (Å²) in [5.74, 6) is 0.205. The second kappa shape index (κ2) is 11.7. The van der Waals surface area contributed by atoms with Crippen LogP contribution in [0.4, 0.5) is 10.5 Å². The van der Waals surface area contributed by atoms with E-state index in [2.05, 4.69) is 24.5 Å². The van der Waals surface area contributed by atoms with Crippen LogP contribution in [0.2, 0.25) is 0 Å². The van der Waals surface area contributed by atoms with Gasteiger partial charge in [-0.3, -0.25) is 4.79 Å². The molecule has 1 saturated carbocycles. The zero-order chi connectivity index (χ0) is 26.5. The normalized spacial score (nSPS) is 21.5. The third-order valence-corrected chi connectivity index (χ3v) is 7.64. The molecular formula is C29H37N3O5. The molecule has 8 heteroatoms. The van der Waals surface area contributed by atoms with Crippen LogP contribution in [0.25, 0.3) is 0 Å². The smallest absolute Gasteiger partial charge is 0.335 e. The number of rotatable bonds is 7. The number of likely N-dealkylation sites (tertiary alicyclic amines) is 1. The summed E-state index contributed by atoms with van der Waals surface area (Å²) >= 11 is 0. The first-order valence-corrected chi connectivity index (χ1v) is 13.2. The molecule has 2 fully saturated rings. The van der Waals surface area contributed by atoms with E-state index in [1.807, 2.05) is 30.3 Å². The van der Waals surface area contributed by atoms with Gasteiger partial charge in [0, 0.05) is 18.3 Å². The van der Waals surface area contributed by atoms with Crippen LogP contribution in [-0.2, 0) is 4.79 Å². The highest BCUT2D eigenvalue weighted by atomic mass is 16.5. The van der Waals surface area contributed by atoms with E-state index >= 15 is 0 Å². The van der Waals surface area contributed by atoms with Gasteiger partial charge in [-0.05, 0) is 85.8 Å². The molecule has 3 amide bonds. The molecular weight excluding hydrogens is 470 g/mol. The van der Waals surface area contributed by atoms with E-state index in [0.717, 1.165) is 43.4 Å². The van der Waals surface area contributed by atoms with E-state index in [4.69, 9.17) is 4.74 Å². The molecule has 1 heterocycles. The number of carbonyl (C=O) groups excluding carboxylic acids is 2. The molecule has 0 bridgehead atoms. The average molecular weight is 508 g/mol. The van der Waals surface area contributed by atoms with Crippen molar-refractivity contribution in [3.63, 3.8) is 0 Å². The average Bonchev–Trinajstić information content (AvgIpc) is 3.39. The molecule has 1 aliphatic carbocycles. The maximum Gasteiger partial charge on any atom is 0.335 e. The summed E-state index contributed by atoms with van der Waals surface area (Å²) in [5, 5.41) is 15.4. The minimum atomic E-state index is -0.977. The molecule has 198 valence electrons. The van der Waals surface area contributed by atoms with E-state index in [1.54, 1.807) is 24.1 Å². The Morgan fingerprint density at radius 2 is 1.70 bits per heavy atom. The fraction of sp³-hybridized carbons (Fsp3) is 0.483. The van der Waals surface area contributed by atoms with Crippen molar-refractivity contribution in [2.45, 2.75) is 76.3 Å². The molecule has 1 atom stereocenters. The number of carbonyl (C=O) groups is 3. The zero-order valence-corrected chi connectivity index (χ0v) is 21.8. The molecule has 0 aromatic heterocycles. The Labute approximate surface area is 218 Å². The van der Waals surface area contributed by atoms with E-state index in [1.165, 1.54) is 5.56 Å². The van der Waals surface area contributed by atoms with Crippen molar-refractivity contribution in [2.75, 3.05) is 19.0 Å². The predicted octanol–water partition coefficient (Wildman–Crippen LogP) is 5.36. The van der Waals surface area contributed by atoms with Crippen molar-refractivity contribution >= 4 is 23.6 Å². The van der Waals surface area contributed by atoms with Crippen molar-refractivity contribution in [3.8, 4) is 5.75 Å². The van der Waals surface area contributed by atoms with Crippen molar-refractivity contribution in [1.29, 1.82) is 0 Å². The number of urea groups is 1. The number of nitrogens with one attached hydrogen (secondary N) is 2. The summed E-state index contributed by atoms with van der Waals surface area (Å²) in [6.07, 6.45) is 4.84. The maximum absolute atomic E-state index is 13.1. The quantitative estimate of drug-likeness (QED) is 0.468. The number of aromatic carboxylic acids is 1. The second-order valence-corrected chi connectivity index (χ2v) is 10.4. The molecule has 4 rings (SSSR count). The lowest BCUT2D eigenvalue weighted by Gasteiger charge is -2.32. The molecule has 8 nitrogen and oxygen atoms in total. The predicted molar refractivity (Wildman–Crippen MR) is 142 cm³/mol. The molecule has 0 radical (unpaired) electrons. The number of anilines is 1. The largest absolute Gasteiger partial charge is 0.496 e. The maximum atomic E-state index is 13.1. The lowest BCUT2D eigenvalue weighted by molar-refractivity contribution is -0.125. The van der Waals surface area contributed by atoms with Gasteiger partial charge in [0.1, 0.15) is 11.8 Å². The summed E-state index contributed by atoms with van der Waals surface area (Å²) in [7, 11) is 1.56. The molecule has 2 aromatic rings. The lowest BCUT2D eigenvalue weighted by Crippen LogP contribution is -2.50. The Hall–Kier alpha value is -3.55. The molecule has 2 aromatic carbocycles. The third kappa shape index (κ3) is 6.24. The Bertz CT molecular complexity index is 1120. The SMILES string of the molecule is COc1cc(C(=O)O)ccc1C1CCC(NC(=O)[C@H]2CCCN2C(=O)Nc2ccc(C(C)C)cc2)CC1. The summed E-state index contributed by atoms with van der Waals surface area (Å²) in [6.45, 7) is 4.82. The van der Waals surface area contributed by atoms with Gasteiger partial charge in [-0.25, -0.2) is 9.59 Å². The highest BCUT2D eigenvalue weighted by Crippen LogP contribution is 2.38. The van der Waals surface area contributed by atoms with Crippen LogP contribution >= 0.6 is 0 Å². The Kier molecular flexibility index (Phi) is 8.36. The van der Waals surface area contributed by atoms with Crippen LogP contribution in [0, 0.1) is 0 Å². The molecule has 0 unspecified atom stereocenters. The molecule has 1 saturated heterocycles. The molecule has 1 aliphatic heterocycles. The van der Waals surface area contributed by atoms with E-state index in [9.17, 15) is 19.5 Å². The van der Waals surface area contributed by atoms with Gasteiger partial charge >= 0.3 is 12.0 Å². The van der Waals surface area contributed by atoms with Crippen LogP contribution in [0.5, 0.6) is 5.75 Å². The van der Waals surface area contributed by atoms with Crippen molar-refractivity contribution in [3.05, 3.63) is 59.2 Å². The van der Waals surface area contributed by atoms with Gasteiger partial charge in [0.25, 0.3) is 0 Å². The number of hydrogen-bond donors (Lipinski definition) is 3. The van der Waals surface area contributed by atoms with Crippen LogP contribution in [-0.4, -0.2) is 53.7 Å². The first-order chi connectivity index (χ1) is 17.8. The standard InChI is InChI=1S/C29H37N3O5/c1-18(2)19-6-11-23(12-7-19)31-29(36)32-16-4-5-25(32)27(33)30-22-13-8-20(9-14-22)24-15-10-21(28(34)35)17-26(24)37-3/h6-7,10-12,15,17-18,20,22,25H,4-5,8-9,13-14,16H2,1-3H3,(H,30,33)(H,31,36)(H,34,35)/t20?,22?,25-/m1/s1. The number of amides is 3. The Morgan fingerprint density at radius 3 is 2.32 bits per heavy atom. The topological polar surface area (TPSA) is 108 Å². The Morgan fingerprint density at radius 1 is 1.00 bits per heavy atom. The fourth-order valence-corrected chi connectivity index (χ4v) is 5.46. The number of benzene rings is 2. The van der Waals surface area contributed by atoms with Gasteiger partial charge in [0.2, 0.25) is 5.91 Å². The van der Waals surface area contributed by atoms with Crippen LogP contribution in [0.1, 0.15) is 85.7 Å². The van der Waals surface area contributed by atoms with Crippen LogP contribution in [0.15, 0.2) is 42.5 Å². The lowest BCUT2D eigenvalue weighted by atomic mass is 9.81. The van der Waals surface area contributed by atoms with E-state index in [-0.39, 0.29) is 29.5 Å². The van der Waals surface area contributed by atoms with Gasteiger partial charge in [0.05, 0.1) is 12.7 Å². The minimum absolute atomic E-state index is 0.0575. The van der Waals surface area contributed by atoms with E-state index in [0.29, 0.717) is 24.6 Å². The van der Waals surface area contributed by atoms with E-state index < -0.39 is 12.0 Å². The number of hydrogen-bond acceptors (Lipinski definition) is 4. The summed E-state index contributed by atoms with van der Waals surface area (Å²) in [5.41, 5.74) is 3.16. The number of carboxylic acid groups (broad SMARTS) is 1. The van der Waals surface area contributed by atoms with Crippen molar-refractivity contribution < 1.29 is 24.2 Å². The monoisotopic (exact) mass is 507 g/mol. The van der Waals surface area contributed by atoms with Gasteiger partial charge < -0.3 is 25.4 Å². The molecule has 0 spiro atoms. The van der Waals surface area contributed by atoms with Crippen molar-refractivity contribution in [2.24, 2.45) is 0 Å². The fourth-order valence-electron chi connectivity index (χ4n) is 5.46. The first-order valence-electron chi connectivity index (χ1n) is 13.2. The number of methoxy groups -OCH3 is 1. The summed E-state index contributed by atoms with van der Waals surface area (Å²) in [4.78, 5) is 39.0. The minimum Gasteiger partial charge on any atom is -0.496 e. The Balaban J connectivity index is 1.31. The third-order valence-electron chi connectivity index (χ3n) is 7.64. The first kappa shape index (κ1) is 26.5. The van der Waals surface area contributed by atoms with Crippen LogP contribution < -0.4 is 15.4 Å². The van der Waals surface area contributed by atoms with Gasteiger partial charge in [-0.1, -0.05) is 32.0 Å². The van der Waals surface area contributed by atoms with Crippen molar-refractivity contribution in [1.82, 2.24) is 10.2 Å². The molecule has 37 heavy (non-hydrogen) atoms. The van der Waals surface area contributed by atoms with Crippen LogP contribution in [0.3, 0.4) is 0 Å². The summed E-state index contributed by atoms with van der Waals surface area (Å²) in [6, 6.07) is 12.2. The highest BCUT2D eigenvalue weighted by Gasteiger charge is 2.36. The number of ether oxygens (including phenoxy) is 1. The number of nitrogens with zero attached hydrogens (tertiary/aromatic N) is 1. The molecule has 2 aliphatic rings. The second-order valence-electron chi connectivity index (χ2n) is 10.4.